The van der Waals surface area contributed by atoms with Gasteiger partial charge in [0.05, 0.1) is 10.9 Å². The minimum Gasteiger partial charge on any atom is -0.326 e. The Bertz CT molecular complexity index is 1190. The van der Waals surface area contributed by atoms with Crippen LogP contribution in [0.25, 0.3) is 11.1 Å². The summed E-state index contributed by atoms with van der Waals surface area (Å²) in [4.78, 5) is 24.1. The van der Waals surface area contributed by atoms with Crippen molar-refractivity contribution in [2.24, 2.45) is 5.92 Å². The van der Waals surface area contributed by atoms with E-state index in [9.17, 15) is 18.0 Å². The minimum atomic E-state index is -3.89. The molecule has 3 rings (SSSR count). The van der Waals surface area contributed by atoms with Crippen LogP contribution in [0.1, 0.15) is 31.1 Å². The lowest BCUT2D eigenvalue weighted by atomic mass is 9.96. The normalized spacial score (nSPS) is 12.4. The van der Waals surface area contributed by atoms with Crippen molar-refractivity contribution in [3.63, 3.8) is 0 Å². The van der Waals surface area contributed by atoms with Gasteiger partial charge in [0.15, 0.2) is 5.78 Å². The van der Waals surface area contributed by atoms with Crippen LogP contribution in [0.2, 0.25) is 0 Å². The molecule has 7 heteroatoms. The van der Waals surface area contributed by atoms with E-state index in [0.717, 1.165) is 11.1 Å². The van der Waals surface area contributed by atoms with Crippen LogP contribution < -0.4 is 10.0 Å². The van der Waals surface area contributed by atoms with E-state index in [1.54, 1.807) is 54.6 Å². The first-order valence-corrected chi connectivity index (χ1v) is 11.8. The fraction of sp³-hybridized carbons (Fsp3) is 0.200. The van der Waals surface area contributed by atoms with Crippen LogP contribution >= 0.6 is 0 Å². The van der Waals surface area contributed by atoms with Crippen molar-refractivity contribution in [3.8, 4) is 11.1 Å². The van der Waals surface area contributed by atoms with E-state index in [4.69, 9.17) is 0 Å². The third kappa shape index (κ3) is 5.69. The molecular formula is C25H26N2O4S. The summed E-state index contributed by atoms with van der Waals surface area (Å²) in [6, 6.07) is 21.5. The molecule has 0 aliphatic heterocycles. The standard InChI is InChI=1S/C25H26N2O4S/c1-17(2)24(25(29)21-7-5-4-6-8-21)27-32(30,31)23-15-11-20(12-16-23)19-9-13-22(14-10-19)26-18(3)28/h4-17,24,27H,1-3H3,(H,26,28). The largest absolute Gasteiger partial charge is 0.326 e. The molecule has 0 saturated carbocycles. The van der Waals surface area contributed by atoms with Crippen LogP contribution in [-0.4, -0.2) is 26.2 Å². The predicted octanol–water partition coefficient (Wildman–Crippen LogP) is 4.50. The topological polar surface area (TPSA) is 92.3 Å². The van der Waals surface area contributed by atoms with E-state index in [1.165, 1.54) is 19.1 Å². The van der Waals surface area contributed by atoms with Gasteiger partial charge in [0.1, 0.15) is 0 Å². The van der Waals surface area contributed by atoms with Crippen LogP contribution in [0, 0.1) is 5.92 Å². The summed E-state index contributed by atoms with van der Waals surface area (Å²) in [5, 5.41) is 2.71. The number of carbonyl (C=O) groups excluding carboxylic acids is 2. The Labute approximate surface area is 188 Å². The molecule has 166 valence electrons. The van der Waals surface area contributed by atoms with Crippen molar-refractivity contribution < 1.29 is 18.0 Å². The SMILES string of the molecule is CC(=O)Nc1ccc(-c2ccc(S(=O)(=O)NC(C(=O)c3ccccc3)C(C)C)cc2)cc1. The van der Waals surface area contributed by atoms with Crippen molar-refractivity contribution >= 4 is 27.4 Å². The van der Waals surface area contributed by atoms with Gasteiger partial charge in [0, 0.05) is 18.2 Å². The summed E-state index contributed by atoms with van der Waals surface area (Å²) in [7, 11) is -3.89. The van der Waals surface area contributed by atoms with E-state index >= 15 is 0 Å². The molecule has 0 spiro atoms. The summed E-state index contributed by atoms with van der Waals surface area (Å²) in [5.74, 6) is -0.635. The predicted molar refractivity (Wildman–Crippen MR) is 126 cm³/mol. The Morgan fingerprint density at radius 2 is 1.31 bits per heavy atom. The Morgan fingerprint density at radius 3 is 1.81 bits per heavy atom. The highest BCUT2D eigenvalue weighted by atomic mass is 32.2. The molecule has 0 aliphatic rings. The average molecular weight is 451 g/mol. The molecule has 6 nitrogen and oxygen atoms in total. The number of hydrogen-bond acceptors (Lipinski definition) is 4. The van der Waals surface area contributed by atoms with Crippen LogP contribution in [0.3, 0.4) is 0 Å². The number of Topliss-reactive ketones (excluding diaryl/α,β-unsaturated/α-hetero) is 1. The summed E-state index contributed by atoms with van der Waals surface area (Å²) < 4.78 is 28.5. The van der Waals surface area contributed by atoms with Gasteiger partial charge in [-0.3, -0.25) is 9.59 Å². The summed E-state index contributed by atoms with van der Waals surface area (Å²) in [6.07, 6.45) is 0. The summed E-state index contributed by atoms with van der Waals surface area (Å²) in [5.41, 5.74) is 2.87. The lowest BCUT2D eigenvalue weighted by Crippen LogP contribution is -2.44. The maximum atomic E-state index is 13.0. The molecule has 0 heterocycles. The van der Waals surface area contributed by atoms with Crippen molar-refractivity contribution in [2.45, 2.75) is 31.7 Å². The van der Waals surface area contributed by atoms with Gasteiger partial charge in [-0.2, -0.15) is 4.72 Å². The monoisotopic (exact) mass is 450 g/mol. The first-order valence-electron chi connectivity index (χ1n) is 10.3. The second-order valence-corrected chi connectivity index (χ2v) is 9.57. The number of rotatable bonds is 8. The number of hydrogen-bond donors (Lipinski definition) is 2. The van der Waals surface area contributed by atoms with Crippen molar-refractivity contribution in [1.29, 1.82) is 0 Å². The van der Waals surface area contributed by atoms with Gasteiger partial charge in [-0.05, 0) is 41.3 Å². The lowest BCUT2D eigenvalue weighted by molar-refractivity contribution is -0.114. The second kappa shape index (κ2) is 9.89. The molecular weight excluding hydrogens is 424 g/mol. The number of sulfonamides is 1. The molecule has 0 aliphatic carbocycles. The van der Waals surface area contributed by atoms with Gasteiger partial charge in [-0.1, -0.05) is 68.4 Å². The van der Waals surface area contributed by atoms with E-state index < -0.39 is 16.1 Å². The fourth-order valence-electron chi connectivity index (χ4n) is 3.29. The first-order chi connectivity index (χ1) is 15.2. The zero-order valence-corrected chi connectivity index (χ0v) is 19.0. The van der Waals surface area contributed by atoms with Crippen molar-refractivity contribution in [3.05, 3.63) is 84.4 Å². The first kappa shape index (κ1) is 23.4. The second-order valence-electron chi connectivity index (χ2n) is 7.86. The number of benzene rings is 3. The van der Waals surface area contributed by atoms with Gasteiger partial charge in [-0.15, -0.1) is 0 Å². The maximum absolute atomic E-state index is 13.0. The number of ketones is 1. The molecule has 2 N–H and O–H groups in total. The maximum Gasteiger partial charge on any atom is 0.241 e. The molecule has 0 radical (unpaired) electrons. The Morgan fingerprint density at radius 1 is 0.781 bits per heavy atom. The van der Waals surface area contributed by atoms with E-state index in [2.05, 4.69) is 10.0 Å². The number of amides is 1. The minimum absolute atomic E-state index is 0.0858. The molecule has 1 amide bonds. The van der Waals surface area contributed by atoms with Crippen LogP contribution in [0.4, 0.5) is 5.69 Å². The third-order valence-corrected chi connectivity index (χ3v) is 6.45. The number of nitrogens with one attached hydrogen (secondary N) is 2. The molecule has 3 aromatic rings. The van der Waals surface area contributed by atoms with Crippen LogP contribution in [0.15, 0.2) is 83.8 Å². The summed E-state index contributed by atoms with van der Waals surface area (Å²) in [6.45, 7) is 5.06. The van der Waals surface area contributed by atoms with Gasteiger partial charge in [-0.25, -0.2) is 8.42 Å². The van der Waals surface area contributed by atoms with Crippen LogP contribution in [0.5, 0.6) is 0 Å². The summed E-state index contributed by atoms with van der Waals surface area (Å²) >= 11 is 0. The number of anilines is 1. The van der Waals surface area contributed by atoms with Gasteiger partial charge in [0.25, 0.3) is 0 Å². The smallest absolute Gasteiger partial charge is 0.241 e. The molecule has 0 fully saturated rings. The van der Waals surface area contributed by atoms with Gasteiger partial charge >= 0.3 is 0 Å². The third-order valence-electron chi connectivity index (χ3n) is 4.99. The molecule has 0 saturated heterocycles. The average Bonchev–Trinajstić information content (AvgIpc) is 2.78. The van der Waals surface area contributed by atoms with Gasteiger partial charge in [0.2, 0.25) is 15.9 Å². The Balaban J connectivity index is 1.79. The fourth-order valence-corrected chi connectivity index (χ4v) is 4.63. The highest BCUT2D eigenvalue weighted by Gasteiger charge is 2.29. The molecule has 1 atom stereocenters. The highest BCUT2D eigenvalue weighted by molar-refractivity contribution is 7.89. The molecule has 1 unspecified atom stereocenters. The molecule has 0 bridgehead atoms. The molecule has 32 heavy (non-hydrogen) atoms. The van der Waals surface area contributed by atoms with Gasteiger partial charge < -0.3 is 5.32 Å². The zero-order valence-electron chi connectivity index (χ0n) is 18.2. The van der Waals surface area contributed by atoms with E-state index in [-0.39, 0.29) is 22.5 Å². The Kier molecular flexibility index (Phi) is 7.22. The lowest BCUT2D eigenvalue weighted by Gasteiger charge is -2.21. The van der Waals surface area contributed by atoms with Crippen molar-refractivity contribution in [2.75, 3.05) is 5.32 Å². The number of carbonyl (C=O) groups is 2. The zero-order chi connectivity index (χ0) is 23.3. The van der Waals surface area contributed by atoms with Crippen molar-refractivity contribution in [1.82, 2.24) is 4.72 Å². The molecule has 3 aromatic carbocycles. The van der Waals surface area contributed by atoms with E-state index in [0.29, 0.717) is 11.3 Å². The molecule has 0 aromatic heterocycles. The highest BCUT2D eigenvalue weighted by Crippen LogP contribution is 2.24. The van der Waals surface area contributed by atoms with Crippen LogP contribution in [-0.2, 0) is 14.8 Å². The Hall–Kier alpha value is -3.29. The quantitative estimate of drug-likeness (QED) is 0.494. The van der Waals surface area contributed by atoms with E-state index in [1.807, 2.05) is 26.0 Å².